The second-order valence-electron chi connectivity index (χ2n) is 7.19. The van der Waals surface area contributed by atoms with Crippen molar-refractivity contribution in [2.45, 2.75) is 44.8 Å². The lowest BCUT2D eigenvalue weighted by Gasteiger charge is -2.24. The first-order valence-electron chi connectivity index (χ1n) is 9.39. The van der Waals surface area contributed by atoms with Gasteiger partial charge < -0.3 is 4.90 Å². The number of aromatic nitrogens is 2. The van der Waals surface area contributed by atoms with Gasteiger partial charge in [-0.2, -0.15) is 5.10 Å². The van der Waals surface area contributed by atoms with Crippen molar-refractivity contribution in [2.24, 2.45) is 0 Å². The van der Waals surface area contributed by atoms with E-state index in [1.54, 1.807) is 0 Å². The highest BCUT2D eigenvalue weighted by Gasteiger charge is 2.25. The third-order valence-corrected chi connectivity index (χ3v) is 5.44. The molecule has 5 nitrogen and oxygen atoms in total. The summed E-state index contributed by atoms with van der Waals surface area (Å²) in [6.45, 7) is 4.86. The Morgan fingerprint density at radius 1 is 1.08 bits per heavy atom. The summed E-state index contributed by atoms with van der Waals surface area (Å²) in [6, 6.07) is 10.8. The molecule has 0 bridgehead atoms. The number of benzene rings is 1. The van der Waals surface area contributed by atoms with Gasteiger partial charge in [-0.25, -0.2) is 0 Å². The van der Waals surface area contributed by atoms with Gasteiger partial charge in [-0.15, -0.1) is 0 Å². The van der Waals surface area contributed by atoms with Crippen LogP contribution in [0.3, 0.4) is 0 Å². The molecule has 25 heavy (non-hydrogen) atoms. The molecular formula is C20H26N4O. The summed E-state index contributed by atoms with van der Waals surface area (Å²) in [4.78, 5) is 16.9. The first-order valence-corrected chi connectivity index (χ1v) is 9.39. The van der Waals surface area contributed by atoms with Gasteiger partial charge in [0.25, 0.3) is 5.91 Å². The molecule has 0 N–H and O–H groups in total. The highest BCUT2D eigenvalue weighted by molar-refractivity contribution is 5.94. The molecule has 5 heteroatoms. The Balaban J connectivity index is 1.37. The van der Waals surface area contributed by atoms with Crippen molar-refractivity contribution in [3.8, 4) is 0 Å². The average Bonchev–Trinajstić information content (AvgIpc) is 3.39. The lowest BCUT2D eigenvalue weighted by atomic mass is 10.1. The summed E-state index contributed by atoms with van der Waals surface area (Å²) in [5.41, 5.74) is 2.10. The third-order valence-electron chi connectivity index (χ3n) is 5.44. The summed E-state index contributed by atoms with van der Waals surface area (Å²) in [5, 5.41) is 4.34. The SMILES string of the molecule is O=C(c1ccc(CN2CCC[C@@H]2Cn2cccn2)cc1)N1CCCC1. The number of amides is 1. The normalized spacial score (nSPS) is 21.1. The van der Waals surface area contributed by atoms with E-state index in [4.69, 9.17) is 0 Å². The highest BCUT2D eigenvalue weighted by Crippen LogP contribution is 2.22. The Hall–Kier alpha value is -2.14. The summed E-state index contributed by atoms with van der Waals surface area (Å²) in [6.07, 6.45) is 8.63. The molecule has 0 radical (unpaired) electrons. The molecule has 1 aromatic carbocycles. The van der Waals surface area contributed by atoms with Crippen molar-refractivity contribution < 1.29 is 4.79 Å². The molecule has 2 aliphatic rings. The van der Waals surface area contributed by atoms with Crippen LogP contribution in [0.1, 0.15) is 41.6 Å². The van der Waals surface area contributed by atoms with Crippen molar-refractivity contribution in [1.29, 1.82) is 0 Å². The minimum absolute atomic E-state index is 0.182. The topological polar surface area (TPSA) is 41.4 Å². The standard InChI is InChI=1S/C20H26N4O/c25-20(22-11-1-2-12-22)18-8-6-17(7-9-18)15-23-13-3-5-19(23)16-24-14-4-10-21-24/h4,6-10,14,19H,1-3,5,11-13,15-16H2/t19-/m1/s1. The van der Waals surface area contributed by atoms with E-state index in [-0.39, 0.29) is 5.91 Å². The fourth-order valence-corrected chi connectivity index (χ4v) is 4.02. The monoisotopic (exact) mass is 338 g/mol. The van der Waals surface area contributed by atoms with Crippen LogP contribution in [0.5, 0.6) is 0 Å². The van der Waals surface area contributed by atoms with Gasteiger partial charge in [-0.1, -0.05) is 12.1 Å². The molecule has 2 aliphatic heterocycles. The maximum absolute atomic E-state index is 12.4. The molecule has 0 aliphatic carbocycles. The lowest BCUT2D eigenvalue weighted by Crippen LogP contribution is -2.32. The predicted molar refractivity (Wildman–Crippen MR) is 97.2 cm³/mol. The maximum Gasteiger partial charge on any atom is 0.253 e. The largest absolute Gasteiger partial charge is 0.339 e. The van der Waals surface area contributed by atoms with E-state index in [1.165, 1.54) is 18.4 Å². The molecule has 1 amide bonds. The molecule has 2 fully saturated rings. The van der Waals surface area contributed by atoms with Crippen molar-refractivity contribution in [2.75, 3.05) is 19.6 Å². The van der Waals surface area contributed by atoms with Gasteiger partial charge in [0.05, 0.1) is 6.54 Å². The van der Waals surface area contributed by atoms with E-state index in [0.717, 1.165) is 51.1 Å². The smallest absolute Gasteiger partial charge is 0.253 e. The zero-order chi connectivity index (χ0) is 17.1. The van der Waals surface area contributed by atoms with Gasteiger partial charge in [0.15, 0.2) is 0 Å². The van der Waals surface area contributed by atoms with Crippen LogP contribution in [0.2, 0.25) is 0 Å². The Kier molecular flexibility index (Phi) is 4.83. The minimum Gasteiger partial charge on any atom is -0.339 e. The summed E-state index contributed by atoms with van der Waals surface area (Å²) >= 11 is 0. The Morgan fingerprint density at radius 2 is 1.88 bits per heavy atom. The third kappa shape index (κ3) is 3.76. The molecule has 4 rings (SSSR count). The second kappa shape index (κ2) is 7.40. The maximum atomic E-state index is 12.4. The molecule has 0 unspecified atom stereocenters. The Bertz CT molecular complexity index is 689. The zero-order valence-electron chi connectivity index (χ0n) is 14.7. The van der Waals surface area contributed by atoms with Gasteiger partial charge in [0, 0.05) is 43.6 Å². The van der Waals surface area contributed by atoms with Gasteiger partial charge in [0.2, 0.25) is 0 Å². The minimum atomic E-state index is 0.182. The lowest BCUT2D eigenvalue weighted by molar-refractivity contribution is 0.0793. The van der Waals surface area contributed by atoms with Gasteiger partial charge in [0.1, 0.15) is 0 Å². The average molecular weight is 338 g/mol. The first-order chi connectivity index (χ1) is 12.3. The van der Waals surface area contributed by atoms with Crippen LogP contribution in [0.4, 0.5) is 0 Å². The molecular weight excluding hydrogens is 312 g/mol. The van der Waals surface area contributed by atoms with E-state index in [0.29, 0.717) is 6.04 Å². The second-order valence-corrected chi connectivity index (χ2v) is 7.19. The Morgan fingerprint density at radius 3 is 2.60 bits per heavy atom. The quantitative estimate of drug-likeness (QED) is 0.842. The first kappa shape index (κ1) is 16.3. The number of carbonyl (C=O) groups is 1. The van der Waals surface area contributed by atoms with E-state index in [9.17, 15) is 4.79 Å². The fraction of sp³-hybridized carbons (Fsp3) is 0.500. The summed E-state index contributed by atoms with van der Waals surface area (Å²) in [5.74, 6) is 0.182. The molecule has 1 atom stereocenters. The van der Waals surface area contributed by atoms with Crippen LogP contribution in [-0.4, -0.2) is 51.2 Å². The molecule has 132 valence electrons. The molecule has 2 saturated heterocycles. The van der Waals surface area contributed by atoms with E-state index < -0.39 is 0 Å². The molecule has 1 aromatic heterocycles. The molecule has 0 saturated carbocycles. The number of rotatable bonds is 5. The summed E-state index contributed by atoms with van der Waals surface area (Å²) in [7, 11) is 0. The zero-order valence-corrected chi connectivity index (χ0v) is 14.7. The van der Waals surface area contributed by atoms with Crippen molar-refractivity contribution in [1.82, 2.24) is 19.6 Å². The van der Waals surface area contributed by atoms with Gasteiger partial charge in [-0.3, -0.25) is 14.4 Å². The van der Waals surface area contributed by atoms with E-state index >= 15 is 0 Å². The van der Waals surface area contributed by atoms with E-state index in [1.807, 2.05) is 40.2 Å². The van der Waals surface area contributed by atoms with Gasteiger partial charge >= 0.3 is 0 Å². The number of carbonyl (C=O) groups excluding carboxylic acids is 1. The van der Waals surface area contributed by atoms with Crippen molar-refractivity contribution in [3.63, 3.8) is 0 Å². The summed E-state index contributed by atoms with van der Waals surface area (Å²) < 4.78 is 2.03. The van der Waals surface area contributed by atoms with Crippen molar-refractivity contribution in [3.05, 3.63) is 53.9 Å². The van der Waals surface area contributed by atoms with Crippen LogP contribution in [0, 0.1) is 0 Å². The Labute approximate surface area is 149 Å². The number of likely N-dealkylation sites (tertiary alicyclic amines) is 2. The van der Waals surface area contributed by atoms with Crippen molar-refractivity contribution >= 4 is 5.91 Å². The molecule has 2 aromatic rings. The van der Waals surface area contributed by atoms with Crippen LogP contribution in [0.15, 0.2) is 42.7 Å². The number of hydrogen-bond donors (Lipinski definition) is 0. The van der Waals surface area contributed by atoms with Crippen LogP contribution in [0.25, 0.3) is 0 Å². The number of nitrogens with zero attached hydrogens (tertiary/aromatic N) is 4. The van der Waals surface area contributed by atoms with E-state index in [2.05, 4.69) is 22.1 Å². The van der Waals surface area contributed by atoms with Crippen LogP contribution in [-0.2, 0) is 13.1 Å². The predicted octanol–water partition coefficient (Wildman–Crippen LogP) is 2.78. The van der Waals surface area contributed by atoms with Crippen LogP contribution >= 0.6 is 0 Å². The van der Waals surface area contributed by atoms with Crippen LogP contribution < -0.4 is 0 Å². The highest BCUT2D eigenvalue weighted by atomic mass is 16.2. The fourth-order valence-electron chi connectivity index (χ4n) is 4.02. The number of hydrogen-bond acceptors (Lipinski definition) is 3. The van der Waals surface area contributed by atoms with Gasteiger partial charge in [-0.05, 0) is 56.0 Å². The molecule has 3 heterocycles. The molecule has 0 spiro atoms.